The van der Waals surface area contributed by atoms with Crippen LogP contribution >= 0.6 is 0 Å². The Bertz CT molecular complexity index is 266. The highest BCUT2D eigenvalue weighted by Gasteiger charge is 2.46. The molecule has 20 heavy (non-hydrogen) atoms. The van der Waals surface area contributed by atoms with Crippen LogP contribution < -0.4 is 5.32 Å². The molecule has 0 saturated heterocycles. The maximum atomic E-state index is 10.1. The smallest absolute Gasteiger partial charge is 0.0628 e. The van der Waals surface area contributed by atoms with E-state index in [1.165, 1.54) is 32.1 Å². The second kappa shape index (κ2) is 8.35. The van der Waals surface area contributed by atoms with Crippen molar-refractivity contribution in [3.63, 3.8) is 0 Å². The first kappa shape index (κ1) is 17.9. The molecule has 2 N–H and O–H groups in total. The molecule has 0 aromatic heterocycles. The van der Waals surface area contributed by atoms with Crippen molar-refractivity contribution in [2.45, 2.75) is 84.3 Å². The Balaban J connectivity index is 2.77. The van der Waals surface area contributed by atoms with Gasteiger partial charge in [0.2, 0.25) is 0 Å². The lowest BCUT2D eigenvalue weighted by atomic mass is 9.91. The topological polar surface area (TPSA) is 35.5 Å². The van der Waals surface area contributed by atoms with Crippen LogP contribution in [0, 0.1) is 5.92 Å². The summed E-state index contributed by atoms with van der Waals surface area (Å²) in [5, 5.41) is 13.8. The SMILES string of the molecule is CCCCN(CC(CO)(NC(C)C)C1CC1)C(C)CC. The molecule has 1 rings (SSSR count). The van der Waals surface area contributed by atoms with Crippen LogP contribution in [-0.2, 0) is 0 Å². The second-order valence-electron chi connectivity index (χ2n) is 6.97. The van der Waals surface area contributed by atoms with Gasteiger partial charge in [-0.05, 0) is 45.1 Å². The van der Waals surface area contributed by atoms with E-state index in [2.05, 4.69) is 44.8 Å². The summed E-state index contributed by atoms with van der Waals surface area (Å²) in [5.41, 5.74) is -0.0919. The zero-order valence-electron chi connectivity index (χ0n) is 14.3. The first-order chi connectivity index (χ1) is 9.49. The summed E-state index contributed by atoms with van der Waals surface area (Å²) in [7, 11) is 0. The van der Waals surface area contributed by atoms with Gasteiger partial charge >= 0.3 is 0 Å². The molecular formula is C17H36N2O. The van der Waals surface area contributed by atoms with Crippen LogP contribution in [-0.4, -0.2) is 47.3 Å². The predicted octanol–water partition coefficient (Wildman–Crippen LogP) is 3.03. The van der Waals surface area contributed by atoms with Crippen molar-refractivity contribution in [2.75, 3.05) is 19.7 Å². The molecule has 1 aliphatic rings. The normalized spacial score (nSPS) is 20.4. The van der Waals surface area contributed by atoms with Crippen LogP contribution in [0.25, 0.3) is 0 Å². The molecule has 1 aliphatic carbocycles. The zero-order valence-corrected chi connectivity index (χ0v) is 14.3. The van der Waals surface area contributed by atoms with Gasteiger partial charge in [-0.15, -0.1) is 0 Å². The highest BCUT2D eigenvalue weighted by atomic mass is 16.3. The van der Waals surface area contributed by atoms with E-state index < -0.39 is 0 Å². The molecule has 3 heteroatoms. The number of hydrogen-bond acceptors (Lipinski definition) is 3. The minimum absolute atomic E-state index is 0.0919. The Labute approximate surface area is 126 Å². The van der Waals surface area contributed by atoms with E-state index in [0.717, 1.165) is 13.1 Å². The molecule has 0 spiro atoms. The van der Waals surface area contributed by atoms with Crippen molar-refractivity contribution in [3.8, 4) is 0 Å². The van der Waals surface area contributed by atoms with E-state index in [1.54, 1.807) is 0 Å². The standard InChI is InChI=1S/C17H36N2O/c1-6-8-11-19(15(5)7-2)12-17(13-20,16-9-10-16)18-14(3)4/h14-16,18,20H,6-13H2,1-5H3. The van der Waals surface area contributed by atoms with Crippen LogP contribution in [0.2, 0.25) is 0 Å². The van der Waals surface area contributed by atoms with Gasteiger partial charge in [0.15, 0.2) is 0 Å². The van der Waals surface area contributed by atoms with Crippen molar-refractivity contribution >= 4 is 0 Å². The average molecular weight is 284 g/mol. The maximum Gasteiger partial charge on any atom is 0.0628 e. The van der Waals surface area contributed by atoms with Gasteiger partial charge in [0, 0.05) is 18.6 Å². The molecular weight excluding hydrogens is 248 g/mol. The third-order valence-electron chi connectivity index (χ3n) is 4.72. The number of nitrogens with one attached hydrogen (secondary N) is 1. The second-order valence-corrected chi connectivity index (χ2v) is 6.97. The lowest BCUT2D eigenvalue weighted by Crippen LogP contribution is -2.61. The van der Waals surface area contributed by atoms with Crippen LogP contribution in [0.15, 0.2) is 0 Å². The molecule has 1 fully saturated rings. The molecule has 2 unspecified atom stereocenters. The summed E-state index contributed by atoms with van der Waals surface area (Å²) < 4.78 is 0. The van der Waals surface area contributed by atoms with Gasteiger partial charge in [0.1, 0.15) is 0 Å². The summed E-state index contributed by atoms with van der Waals surface area (Å²) in [6.07, 6.45) is 6.20. The third kappa shape index (κ3) is 5.01. The Morgan fingerprint density at radius 1 is 1.25 bits per heavy atom. The van der Waals surface area contributed by atoms with Crippen molar-refractivity contribution in [1.29, 1.82) is 0 Å². The van der Waals surface area contributed by atoms with Gasteiger partial charge in [-0.25, -0.2) is 0 Å². The quantitative estimate of drug-likeness (QED) is 0.612. The summed E-state index contributed by atoms with van der Waals surface area (Å²) in [6, 6.07) is 1.02. The molecule has 120 valence electrons. The number of nitrogens with zero attached hydrogens (tertiary/aromatic N) is 1. The molecule has 3 nitrogen and oxygen atoms in total. The van der Waals surface area contributed by atoms with Gasteiger partial charge in [0.25, 0.3) is 0 Å². The van der Waals surface area contributed by atoms with E-state index in [4.69, 9.17) is 0 Å². The Hall–Kier alpha value is -0.120. The number of hydrogen-bond donors (Lipinski definition) is 2. The molecule has 2 atom stereocenters. The number of aliphatic hydroxyl groups is 1. The van der Waals surface area contributed by atoms with Gasteiger partial charge < -0.3 is 10.4 Å². The number of unbranched alkanes of at least 4 members (excludes halogenated alkanes) is 1. The van der Waals surface area contributed by atoms with Crippen LogP contribution in [0.5, 0.6) is 0 Å². The van der Waals surface area contributed by atoms with Crippen molar-refractivity contribution in [3.05, 3.63) is 0 Å². The zero-order chi connectivity index (χ0) is 15.2. The Morgan fingerprint density at radius 2 is 1.90 bits per heavy atom. The van der Waals surface area contributed by atoms with E-state index >= 15 is 0 Å². The summed E-state index contributed by atoms with van der Waals surface area (Å²) >= 11 is 0. The lowest BCUT2D eigenvalue weighted by Gasteiger charge is -2.42. The number of aliphatic hydroxyl groups excluding tert-OH is 1. The fourth-order valence-electron chi connectivity index (χ4n) is 3.17. The molecule has 0 heterocycles. The third-order valence-corrected chi connectivity index (χ3v) is 4.72. The molecule has 0 aromatic rings. The fraction of sp³-hybridized carbons (Fsp3) is 1.00. The van der Waals surface area contributed by atoms with Gasteiger partial charge in [0.05, 0.1) is 12.1 Å². The average Bonchev–Trinajstić information content (AvgIpc) is 3.25. The highest BCUT2D eigenvalue weighted by Crippen LogP contribution is 2.40. The van der Waals surface area contributed by atoms with Crippen LogP contribution in [0.3, 0.4) is 0 Å². The molecule has 0 aromatic carbocycles. The van der Waals surface area contributed by atoms with Crippen LogP contribution in [0.1, 0.15) is 66.7 Å². The largest absolute Gasteiger partial charge is 0.394 e. The molecule has 0 amide bonds. The van der Waals surface area contributed by atoms with Crippen LogP contribution in [0.4, 0.5) is 0 Å². The summed E-state index contributed by atoms with van der Waals surface area (Å²) in [4.78, 5) is 2.59. The van der Waals surface area contributed by atoms with Crippen molar-refractivity contribution in [1.82, 2.24) is 10.2 Å². The van der Waals surface area contributed by atoms with E-state index in [9.17, 15) is 5.11 Å². The highest BCUT2D eigenvalue weighted by molar-refractivity contribution is 5.04. The lowest BCUT2D eigenvalue weighted by molar-refractivity contribution is 0.0655. The monoisotopic (exact) mass is 284 g/mol. The minimum atomic E-state index is -0.0919. The maximum absolute atomic E-state index is 10.1. The van der Waals surface area contributed by atoms with Gasteiger partial charge in [-0.3, -0.25) is 4.90 Å². The fourth-order valence-corrected chi connectivity index (χ4v) is 3.17. The Kier molecular flexibility index (Phi) is 7.49. The minimum Gasteiger partial charge on any atom is -0.394 e. The number of rotatable bonds is 11. The first-order valence-electron chi connectivity index (χ1n) is 8.61. The molecule has 0 radical (unpaired) electrons. The predicted molar refractivity (Wildman–Crippen MR) is 87.0 cm³/mol. The van der Waals surface area contributed by atoms with Crippen molar-refractivity contribution < 1.29 is 5.11 Å². The molecule has 0 aliphatic heterocycles. The van der Waals surface area contributed by atoms with E-state index in [0.29, 0.717) is 18.0 Å². The summed E-state index contributed by atoms with van der Waals surface area (Å²) in [5.74, 6) is 0.656. The first-order valence-corrected chi connectivity index (χ1v) is 8.61. The van der Waals surface area contributed by atoms with Gasteiger partial charge in [-0.2, -0.15) is 0 Å². The summed E-state index contributed by atoms with van der Waals surface area (Å²) in [6.45, 7) is 13.6. The van der Waals surface area contributed by atoms with E-state index in [-0.39, 0.29) is 12.1 Å². The van der Waals surface area contributed by atoms with Gasteiger partial charge in [-0.1, -0.05) is 34.1 Å². The molecule has 1 saturated carbocycles. The Morgan fingerprint density at radius 3 is 2.30 bits per heavy atom. The van der Waals surface area contributed by atoms with E-state index in [1.807, 2.05) is 0 Å². The van der Waals surface area contributed by atoms with Crippen molar-refractivity contribution in [2.24, 2.45) is 5.92 Å². The molecule has 0 bridgehead atoms.